The second kappa shape index (κ2) is 6.38. The molecule has 0 aromatic carbocycles. The molecule has 1 aromatic rings. The number of hydrogen-bond donors (Lipinski definition) is 1. The molecule has 1 aromatic heterocycles. The Hall–Kier alpha value is -1.09. The first kappa shape index (κ1) is 12.9. The molecule has 3 rings (SSSR count). The summed E-state index contributed by atoms with van der Waals surface area (Å²) in [7, 11) is 0. The van der Waals surface area contributed by atoms with Crippen LogP contribution in [0.25, 0.3) is 0 Å². The Balaban J connectivity index is 1.42. The minimum atomic E-state index is 0.742. The Morgan fingerprint density at radius 3 is 2.63 bits per heavy atom. The van der Waals surface area contributed by atoms with Gasteiger partial charge in [-0.25, -0.2) is 4.98 Å². The molecule has 0 amide bonds. The van der Waals surface area contributed by atoms with Crippen LogP contribution in [0.4, 0.5) is 0 Å². The predicted molar refractivity (Wildman–Crippen MR) is 76.2 cm³/mol. The van der Waals surface area contributed by atoms with Gasteiger partial charge < -0.3 is 10.1 Å². The van der Waals surface area contributed by atoms with Gasteiger partial charge in [0.15, 0.2) is 0 Å². The Morgan fingerprint density at radius 1 is 1.11 bits per heavy atom. The molecule has 3 nitrogen and oxygen atoms in total. The Kier molecular flexibility index (Phi) is 4.34. The molecule has 2 aliphatic carbocycles. The minimum Gasteiger partial charge on any atom is -0.477 e. The summed E-state index contributed by atoms with van der Waals surface area (Å²) >= 11 is 0. The molecule has 0 spiro atoms. The maximum atomic E-state index is 5.81. The number of ether oxygens (including phenoxy) is 1. The molecule has 0 atom stereocenters. The molecule has 1 N–H and O–H groups in total. The van der Waals surface area contributed by atoms with Crippen LogP contribution in [0.3, 0.4) is 0 Å². The van der Waals surface area contributed by atoms with Gasteiger partial charge in [0.1, 0.15) is 0 Å². The number of pyridine rings is 1. The van der Waals surface area contributed by atoms with Crippen LogP contribution in [0.5, 0.6) is 5.88 Å². The number of nitrogens with one attached hydrogen (secondary N) is 1. The Morgan fingerprint density at radius 2 is 1.95 bits per heavy atom. The van der Waals surface area contributed by atoms with Crippen LogP contribution in [0, 0.1) is 5.92 Å². The largest absolute Gasteiger partial charge is 0.477 e. The van der Waals surface area contributed by atoms with E-state index in [2.05, 4.69) is 16.4 Å². The van der Waals surface area contributed by atoms with Crippen molar-refractivity contribution in [2.75, 3.05) is 6.61 Å². The normalized spacial score (nSPS) is 20.4. The van der Waals surface area contributed by atoms with E-state index in [4.69, 9.17) is 4.74 Å². The van der Waals surface area contributed by atoms with Gasteiger partial charge in [-0.05, 0) is 37.2 Å². The molecule has 0 saturated heterocycles. The summed E-state index contributed by atoms with van der Waals surface area (Å²) in [6, 6.07) is 4.88. The molecule has 0 radical (unpaired) electrons. The fourth-order valence-electron chi connectivity index (χ4n) is 2.71. The third-order valence-electron chi connectivity index (χ3n) is 4.16. The van der Waals surface area contributed by atoms with E-state index < -0.39 is 0 Å². The highest BCUT2D eigenvalue weighted by Gasteiger charge is 2.20. The quantitative estimate of drug-likeness (QED) is 0.852. The molecular weight excluding hydrogens is 236 g/mol. The fourth-order valence-corrected chi connectivity index (χ4v) is 2.71. The van der Waals surface area contributed by atoms with Crippen molar-refractivity contribution in [2.45, 2.75) is 57.5 Å². The van der Waals surface area contributed by atoms with Crippen LogP contribution < -0.4 is 10.1 Å². The SMILES string of the molecule is c1cc(OCC2CCCCC2)ncc1CNC1CC1. The molecule has 2 fully saturated rings. The lowest BCUT2D eigenvalue weighted by molar-refractivity contribution is 0.203. The fraction of sp³-hybridized carbons (Fsp3) is 0.688. The summed E-state index contributed by atoms with van der Waals surface area (Å²) in [5.74, 6) is 1.52. The van der Waals surface area contributed by atoms with Crippen molar-refractivity contribution in [3.8, 4) is 5.88 Å². The summed E-state index contributed by atoms with van der Waals surface area (Å²) < 4.78 is 5.81. The topological polar surface area (TPSA) is 34.1 Å². The molecule has 19 heavy (non-hydrogen) atoms. The summed E-state index contributed by atoms with van der Waals surface area (Å²) in [5, 5.41) is 3.50. The van der Waals surface area contributed by atoms with Gasteiger partial charge in [0.2, 0.25) is 5.88 Å². The maximum Gasteiger partial charge on any atom is 0.213 e. The van der Waals surface area contributed by atoms with Crippen molar-refractivity contribution in [3.05, 3.63) is 23.9 Å². The van der Waals surface area contributed by atoms with E-state index in [1.54, 1.807) is 0 Å². The average molecular weight is 260 g/mol. The zero-order chi connectivity index (χ0) is 12.9. The summed E-state index contributed by atoms with van der Waals surface area (Å²) in [4.78, 5) is 4.40. The van der Waals surface area contributed by atoms with Crippen molar-refractivity contribution in [3.63, 3.8) is 0 Å². The van der Waals surface area contributed by atoms with E-state index in [-0.39, 0.29) is 0 Å². The van der Waals surface area contributed by atoms with Crippen molar-refractivity contribution in [2.24, 2.45) is 5.92 Å². The zero-order valence-corrected chi connectivity index (χ0v) is 11.6. The van der Waals surface area contributed by atoms with Crippen LogP contribution in [-0.4, -0.2) is 17.6 Å². The third-order valence-corrected chi connectivity index (χ3v) is 4.16. The standard InChI is InChI=1S/C16H24N2O/c1-2-4-13(5-3-1)12-19-16-9-6-14(11-18-16)10-17-15-7-8-15/h6,9,11,13,15,17H,1-5,7-8,10,12H2. The Labute approximate surface area is 115 Å². The van der Waals surface area contributed by atoms with Crippen molar-refractivity contribution in [1.29, 1.82) is 0 Å². The molecule has 1 heterocycles. The van der Waals surface area contributed by atoms with Crippen molar-refractivity contribution in [1.82, 2.24) is 10.3 Å². The van der Waals surface area contributed by atoms with E-state index in [0.717, 1.165) is 31.0 Å². The van der Waals surface area contributed by atoms with Gasteiger partial charge in [0.05, 0.1) is 6.61 Å². The molecule has 2 aliphatic rings. The van der Waals surface area contributed by atoms with Gasteiger partial charge >= 0.3 is 0 Å². The van der Waals surface area contributed by atoms with Gasteiger partial charge in [0, 0.05) is 24.8 Å². The summed E-state index contributed by atoms with van der Waals surface area (Å²) in [6.07, 6.45) is 11.4. The van der Waals surface area contributed by atoms with Crippen LogP contribution in [0.2, 0.25) is 0 Å². The smallest absolute Gasteiger partial charge is 0.213 e. The van der Waals surface area contributed by atoms with Crippen LogP contribution >= 0.6 is 0 Å². The maximum absolute atomic E-state index is 5.81. The summed E-state index contributed by atoms with van der Waals surface area (Å²) in [6.45, 7) is 1.77. The highest BCUT2D eigenvalue weighted by atomic mass is 16.5. The predicted octanol–water partition coefficient (Wildman–Crippen LogP) is 3.29. The first-order chi connectivity index (χ1) is 9.40. The highest BCUT2D eigenvalue weighted by Crippen LogP contribution is 2.24. The lowest BCUT2D eigenvalue weighted by Crippen LogP contribution is -2.16. The lowest BCUT2D eigenvalue weighted by Gasteiger charge is -2.21. The second-order valence-corrected chi connectivity index (χ2v) is 5.97. The summed E-state index contributed by atoms with van der Waals surface area (Å²) in [5.41, 5.74) is 1.25. The molecule has 104 valence electrons. The first-order valence-electron chi connectivity index (χ1n) is 7.71. The molecule has 2 saturated carbocycles. The molecule has 3 heteroatoms. The van der Waals surface area contributed by atoms with Crippen molar-refractivity contribution >= 4 is 0 Å². The Bertz CT molecular complexity index is 380. The zero-order valence-electron chi connectivity index (χ0n) is 11.6. The highest BCUT2D eigenvalue weighted by molar-refractivity contribution is 5.18. The van der Waals surface area contributed by atoms with E-state index in [0.29, 0.717) is 0 Å². The van der Waals surface area contributed by atoms with Crippen LogP contribution in [-0.2, 0) is 6.54 Å². The van der Waals surface area contributed by atoms with Crippen molar-refractivity contribution < 1.29 is 4.74 Å². The number of rotatable bonds is 6. The lowest BCUT2D eigenvalue weighted by atomic mass is 9.90. The molecule has 0 aliphatic heterocycles. The molecule has 0 unspecified atom stereocenters. The molecule has 0 bridgehead atoms. The number of hydrogen-bond acceptors (Lipinski definition) is 3. The monoisotopic (exact) mass is 260 g/mol. The molecular formula is C16H24N2O. The van der Waals surface area contributed by atoms with Gasteiger partial charge in [-0.3, -0.25) is 0 Å². The van der Waals surface area contributed by atoms with Gasteiger partial charge in [-0.1, -0.05) is 25.3 Å². The third kappa shape index (κ3) is 4.20. The van der Waals surface area contributed by atoms with E-state index >= 15 is 0 Å². The van der Waals surface area contributed by atoms with Crippen LogP contribution in [0.1, 0.15) is 50.5 Å². The van der Waals surface area contributed by atoms with Gasteiger partial charge in [-0.2, -0.15) is 0 Å². The minimum absolute atomic E-state index is 0.742. The van der Waals surface area contributed by atoms with Crippen LogP contribution in [0.15, 0.2) is 18.3 Å². The first-order valence-corrected chi connectivity index (χ1v) is 7.71. The number of nitrogens with zero attached hydrogens (tertiary/aromatic N) is 1. The number of aromatic nitrogens is 1. The van der Waals surface area contributed by atoms with E-state index in [1.165, 1.54) is 50.5 Å². The van der Waals surface area contributed by atoms with E-state index in [9.17, 15) is 0 Å². The average Bonchev–Trinajstić information content (AvgIpc) is 3.29. The second-order valence-electron chi connectivity index (χ2n) is 5.97. The van der Waals surface area contributed by atoms with Gasteiger partial charge in [-0.15, -0.1) is 0 Å². The van der Waals surface area contributed by atoms with Gasteiger partial charge in [0.25, 0.3) is 0 Å². The van der Waals surface area contributed by atoms with E-state index in [1.807, 2.05) is 12.3 Å².